The first kappa shape index (κ1) is 43.7. The number of rotatable bonds is 8. The molecule has 1 aliphatic rings. The predicted octanol–water partition coefficient (Wildman–Crippen LogP) is 12.1. The zero-order valence-electron chi connectivity index (χ0n) is 35.9. The first-order valence-corrected chi connectivity index (χ1v) is 21.3. The van der Waals surface area contributed by atoms with Gasteiger partial charge < -0.3 is 23.7 Å². The Hall–Kier alpha value is -9.55. The highest BCUT2D eigenvalue weighted by atomic mass is 16.7. The van der Waals surface area contributed by atoms with Gasteiger partial charge in [-0.1, -0.05) is 170 Å². The van der Waals surface area contributed by atoms with Gasteiger partial charge in [-0.25, -0.2) is 28.6 Å². The van der Waals surface area contributed by atoms with E-state index in [4.69, 9.17) is 23.7 Å². The Labute approximate surface area is 389 Å². The van der Waals surface area contributed by atoms with Crippen molar-refractivity contribution in [2.75, 3.05) is 4.90 Å². The number of imide groups is 1. The second-order valence-electron chi connectivity index (χ2n) is 15.0. The molecule has 332 valence electrons. The van der Waals surface area contributed by atoms with Crippen LogP contribution < -0.4 is 28.6 Å². The fraction of sp³-hybridized carbons (Fsp3) is 0.0179. The number of hydrogen-bond donors (Lipinski definition) is 0. The molecule has 1 aromatic heterocycles. The highest BCUT2D eigenvalue weighted by Crippen LogP contribution is 2.48. The van der Waals surface area contributed by atoms with Crippen molar-refractivity contribution in [2.24, 2.45) is 0 Å². The van der Waals surface area contributed by atoms with Gasteiger partial charge in [0.1, 0.15) is 23.0 Å². The molecule has 2 amide bonds. The molecule has 1 aliphatic heterocycles. The van der Waals surface area contributed by atoms with Crippen LogP contribution in [0.3, 0.4) is 0 Å². The van der Waals surface area contributed by atoms with E-state index in [0.717, 1.165) is 15.8 Å². The van der Waals surface area contributed by atoms with Gasteiger partial charge in [-0.05, 0) is 71.8 Å². The predicted molar refractivity (Wildman–Crippen MR) is 254 cm³/mol. The Morgan fingerprint density at radius 2 is 0.853 bits per heavy atom. The summed E-state index contributed by atoms with van der Waals surface area (Å²) >= 11 is 0. The van der Waals surface area contributed by atoms with E-state index in [1.807, 2.05) is 54.6 Å². The molecule has 1 unspecified atom stereocenters. The molecule has 12 nitrogen and oxygen atoms in total. The Balaban J connectivity index is 0.000000170. The lowest BCUT2D eigenvalue weighted by Crippen LogP contribution is -2.51. The van der Waals surface area contributed by atoms with Gasteiger partial charge in [-0.15, -0.1) is 0 Å². The largest absolute Gasteiger partial charge is 0.520 e. The summed E-state index contributed by atoms with van der Waals surface area (Å²) in [4.78, 5) is 68.1. The Morgan fingerprint density at radius 1 is 0.412 bits per heavy atom. The number of nitrogens with zero attached hydrogens (tertiary/aromatic N) is 2. The van der Waals surface area contributed by atoms with Crippen LogP contribution in [0.2, 0.25) is 0 Å². The third-order valence-corrected chi connectivity index (χ3v) is 10.8. The van der Waals surface area contributed by atoms with Gasteiger partial charge in [0.2, 0.25) is 5.88 Å². The lowest BCUT2D eigenvalue weighted by Gasteiger charge is -2.26. The van der Waals surface area contributed by atoms with E-state index in [2.05, 4.69) is 0 Å². The van der Waals surface area contributed by atoms with Crippen molar-refractivity contribution in [3.63, 3.8) is 0 Å². The van der Waals surface area contributed by atoms with E-state index in [0.29, 0.717) is 39.5 Å². The number of fused-ring (bicyclic) bond motifs is 2. The van der Waals surface area contributed by atoms with Crippen LogP contribution >= 0.6 is 0 Å². The maximum Gasteiger partial charge on any atom is 0.520 e. The number of carbonyl (C=O) groups excluding carboxylic acids is 5. The number of carbonyl (C=O) groups is 5. The molecule has 0 N–H and O–H groups in total. The van der Waals surface area contributed by atoms with Gasteiger partial charge in [0.25, 0.3) is 5.91 Å². The minimum Gasteiger partial charge on any atom is -0.425 e. The Bertz CT molecular complexity index is 3240. The van der Waals surface area contributed by atoms with Crippen molar-refractivity contribution < 1.29 is 47.7 Å². The monoisotopic (exact) mass is 898 g/mol. The van der Waals surface area contributed by atoms with E-state index in [9.17, 15) is 24.0 Å². The summed E-state index contributed by atoms with van der Waals surface area (Å²) in [5.74, 6) is -0.304. The summed E-state index contributed by atoms with van der Waals surface area (Å²) in [7, 11) is 0. The molecule has 2 heterocycles. The highest BCUT2D eigenvalue weighted by Gasteiger charge is 2.61. The van der Waals surface area contributed by atoms with Crippen molar-refractivity contribution >= 4 is 46.8 Å². The first-order chi connectivity index (χ1) is 33.3. The lowest BCUT2D eigenvalue weighted by atomic mass is 9.75. The van der Waals surface area contributed by atoms with E-state index in [-0.39, 0.29) is 17.3 Å². The summed E-state index contributed by atoms with van der Waals surface area (Å²) in [6.45, 7) is 0. The van der Waals surface area contributed by atoms with Crippen LogP contribution in [-0.2, 0) is 15.0 Å². The molecule has 9 aromatic rings. The highest BCUT2D eigenvalue weighted by molar-refractivity contribution is 6.30. The van der Waals surface area contributed by atoms with Crippen LogP contribution in [-0.4, -0.2) is 34.8 Å². The maximum absolute atomic E-state index is 14.1. The number of esters is 1. The number of benzene rings is 8. The average Bonchev–Trinajstić information content (AvgIpc) is 3.84. The molecule has 10 rings (SSSR count). The quantitative estimate of drug-likeness (QED) is 0.0626. The second kappa shape index (κ2) is 19.7. The van der Waals surface area contributed by atoms with Crippen LogP contribution in [0.4, 0.5) is 20.1 Å². The third kappa shape index (κ3) is 8.80. The van der Waals surface area contributed by atoms with Crippen molar-refractivity contribution in [1.29, 1.82) is 0 Å². The van der Waals surface area contributed by atoms with Crippen LogP contribution in [0.25, 0.3) is 22.0 Å². The minimum absolute atomic E-state index is 0.00858. The molecule has 0 bridgehead atoms. The smallest absolute Gasteiger partial charge is 0.425 e. The standard InChI is InChI=1S/2C28H19NO5/c30-25-28(20-12-4-1-5-13-20,26(31)33-21-14-6-2-7-15-21)23-18-10-11-19-24(23)29(25)27(32)34-22-16-8-3-9-17-22;30-27(32-21-14-6-2-7-15-21)29-24-19-11-10-18-23(24)25(20-12-4-1-5-13-20)26(29)34-28(31)33-22-16-8-3-9-17-22/h2*1-19H. The van der Waals surface area contributed by atoms with E-state index < -0.39 is 35.6 Å². The summed E-state index contributed by atoms with van der Waals surface area (Å²) in [5, 5.41) is 0.723. The molecule has 0 spiro atoms. The SMILES string of the molecule is O=C(Oc1ccccc1)N1C(=O)C(C(=O)Oc2ccccc2)(c2ccccc2)c2ccccc21.O=C(Oc1ccccc1)Oc1c(-c2ccccc2)c2ccccc2n1C(=O)Oc1ccccc1. The van der Waals surface area contributed by atoms with Gasteiger partial charge in [-0.2, -0.15) is 0 Å². The van der Waals surface area contributed by atoms with Crippen LogP contribution in [0.1, 0.15) is 11.1 Å². The summed E-state index contributed by atoms with van der Waals surface area (Å²) in [5.41, 5.74) is 0.995. The number of amides is 2. The zero-order valence-corrected chi connectivity index (χ0v) is 35.9. The van der Waals surface area contributed by atoms with Crippen LogP contribution in [0.5, 0.6) is 28.9 Å². The molecule has 0 saturated heterocycles. The average molecular weight is 899 g/mol. The molecule has 0 radical (unpaired) electrons. The molecule has 0 fully saturated rings. The molecule has 8 aromatic carbocycles. The molecule has 1 atom stereocenters. The van der Waals surface area contributed by atoms with Gasteiger partial charge in [0.05, 0.1) is 16.8 Å². The van der Waals surface area contributed by atoms with E-state index in [1.165, 1.54) is 4.57 Å². The normalized spacial score (nSPS) is 13.6. The third-order valence-electron chi connectivity index (χ3n) is 10.8. The second-order valence-corrected chi connectivity index (χ2v) is 15.0. The van der Waals surface area contributed by atoms with Crippen LogP contribution in [0, 0.1) is 0 Å². The topological polar surface area (TPSA) is 140 Å². The molecular formula is C56H38N2O10. The number of aromatic nitrogens is 1. The molecule has 0 aliphatic carbocycles. The van der Waals surface area contributed by atoms with E-state index >= 15 is 0 Å². The minimum atomic E-state index is -1.89. The molecule has 68 heavy (non-hydrogen) atoms. The molecule has 0 saturated carbocycles. The van der Waals surface area contributed by atoms with Crippen molar-refractivity contribution in [1.82, 2.24) is 4.57 Å². The van der Waals surface area contributed by atoms with Crippen molar-refractivity contribution in [3.8, 4) is 40.0 Å². The van der Waals surface area contributed by atoms with Crippen molar-refractivity contribution in [3.05, 3.63) is 242 Å². The number of anilines is 1. The lowest BCUT2D eigenvalue weighted by molar-refractivity contribution is -0.143. The number of ether oxygens (including phenoxy) is 5. The van der Waals surface area contributed by atoms with Gasteiger partial charge >= 0.3 is 24.3 Å². The Morgan fingerprint density at radius 3 is 1.43 bits per heavy atom. The number of para-hydroxylation sites is 6. The van der Waals surface area contributed by atoms with Gasteiger partial charge in [-0.3, -0.25) is 4.79 Å². The summed E-state index contributed by atoms with van der Waals surface area (Å²) < 4.78 is 29.0. The van der Waals surface area contributed by atoms with Crippen LogP contribution in [0.15, 0.2) is 231 Å². The Kier molecular flexibility index (Phi) is 12.6. The fourth-order valence-electron chi connectivity index (χ4n) is 7.85. The van der Waals surface area contributed by atoms with Crippen molar-refractivity contribution in [2.45, 2.75) is 5.41 Å². The van der Waals surface area contributed by atoms with Gasteiger partial charge in [0.15, 0.2) is 5.41 Å². The van der Waals surface area contributed by atoms with E-state index in [1.54, 1.807) is 176 Å². The summed E-state index contributed by atoms with van der Waals surface area (Å²) in [6.07, 6.45) is -2.60. The zero-order chi connectivity index (χ0) is 46.9. The molecule has 12 heteroatoms. The fourth-order valence-corrected chi connectivity index (χ4v) is 7.85. The number of hydrogen-bond acceptors (Lipinski definition) is 10. The summed E-state index contributed by atoms with van der Waals surface area (Å²) in [6, 6.07) is 66.1. The van der Waals surface area contributed by atoms with Gasteiger partial charge in [0, 0.05) is 10.9 Å². The maximum atomic E-state index is 14.1. The first-order valence-electron chi connectivity index (χ1n) is 21.3. The molecular weight excluding hydrogens is 861 g/mol.